The van der Waals surface area contributed by atoms with E-state index in [1.165, 1.54) is 28.7 Å². The van der Waals surface area contributed by atoms with E-state index in [4.69, 9.17) is 9.47 Å². The molecule has 0 aliphatic carbocycles. The predicted molar refractivity (Wildman–Crippen MR) is 120 cm³/mol. The Balaban J connectivity index is 1.61. The van der Waals surface area contributed by atoms with Crippen molar-refractivity contribution in [3.05, 3.63) is 33.0 Å². The van der Waals surface area contributed by atoms with E-state index < -0.39 is 17.8 Å². The van der Waals surface area contributed by atoms with Crippen LogP contribution < -0.4 is 16.2 Å². The molecule has 0 spiro atoms. The highest BCUT2D eigenvalue weighted by atomic mass is 32.1. The number of anilines is 1. The molecule has 0 saturated carbocycles. The summed E-state index contributed by atoms with van der Waals surface area (Å²) in [6.45, 7) is 6.88. The Morgan fingerprint density at radius 1 is 1.03 bits per heavy atom. The minimum Gasteiger partial charge on any atom is -0.448 e. The molecule has 0 aliphatic rings. The maximum atomic E-state index is 11.6. The first kappa shape index (κ1) is 24.6. The summed E-state index contributed by atoms with van der Waals surface area (Å²) in [6.07, 6.45) is 1.65. The number of thiophene rings is 1. The Morgan fingerprint density at radius 2 is 1.77 bits per heavy atom. The molecule has 31 heavy (non-hydrogen) atoms. The molecule has 0 bridgehead atoms. The van der Waals surface area contributed by atoms with Gasteiger partial charge in [0, 0.05) is 17.2 Å². The summed E-state index contributed by atoms with van der Waals surface area (Å²) in [5, 5.41) is 7.37. The second kappa shape index (κ2) is 11.7. The van der Waals surface area contributed by atoms with Crippen LogP contribution in [0.5, 0.6) is 0 Å². The zero-order valence-corrected chi connectivity index (χ0v) is 19.7. The van der Waals surface area contributed by atoms with Crippen molar-refractivity contribution < 1.29 is 23.9 Å². The molecule has 2 rings (SSSR count). The van der Waals surface area contributed by atoms with Gasteiger partial charge in [-0.05, 0) is 63.5 Å². The smallest absolute Gasteiger partial charge is 0.426 e. The Hall–Kier alpha value is -2.66. The molecular formula is C20H28N4O5S2. The number of rotatable bonds is 8. The van der Waals surface area contributed by atoms with Gasteiger partial charge in [-0.1, -0.05) is 0 Å². The summed E-state index contributed by atoms with van der Waals surface area (Å²) in [6, 6.07) is 2.15. The van der Waals surface area contributed by atoms with E-state index in [1.54, 1.807) is 32.1 Å². The van der Waals surface area contributed by atoms with Gasteiger partial charge >= 0.3 is 12.2 Å². The Labute approximate surface area is 189 Å². The molecule has 2 aromatic heterocycles. The SMILES string of the molecule is CC(=O)Nc1nc(CCc2cc(CCCOC(=O)NNC(=O)OC(C)(C)C)cs2)cs1. The van der Waals surface area contributed by atoms with Crippen molar-refractivity contribution in [2.75, 3.05) is 11.9 Å². The molecule has 170 valence electrons. The topological polar surface area (TPSA) is 119 Å². The normalized spacial score (nSPS) is 11.0. The van der Waals surface area contributed by atoms with Gasteiger partial charge in [0.05, 0.1) is 12.3 Å². The number of thiazole rings is 1. The minimum absolute atomic E-state index is 0.121. The summed E-state index contributed by atoms with van der Waals surface area (Å²) in [5.74, 6) is -0.121. The summed E-state index contributed by atoms with van der Waals surface area (Å²) in [7, 11) is 0. The van der Waals surface area contributed by atoms with E-state index >= 15 is 0 Å². The van der Waals surface area contributed by atoms with Crippen LogP contribution in [-0.2, 0) is 33.5 Å². The number of carbonyl (C=O) groups is 3. The number of aryl methyl sites for hydroxylation is 3. The van der Waals surface area contributed by atoms with Crippen LogP contribution in [0.3, 0.4) is 0 Å². The van der Waals surface area contributed by atoms with Crippen LogP contribution in [0.4, 0.5) is 14.7 Å². The third kappa shape index (κ3) is 10.3. The first-order valence-electron chi connectivity index (χ1n) is 9.81. The fourth-order valence-electron chi connectivity index (χ4n) is 2.45. The number of ether oxygens (including phenoxy) is 2. The molecule has 3 amide bonds. The zero-order chi connectivity index (χ0) is 22.9. The maximum Gasteiger partial charge on any atom is 0.426 e. The van der Waals surface area contributed by atoms with Crippen LogP contribution in [0.25, 0.3) is 0 Å². The lowest BCUT2D eigenvalue weighted by molar-refractivity contribution is -0.114. The van der Waals surface area contributed by atoms with E-state index in [0.29, 0.717) is 11.6 Å². The van der Waals surface area contributed by atoms with E-state index in [1.807, 2.05) is 5.38 Å². The van der Waals surface area contributed by atoms with Gasteiger partial charge in [-0.25, -0.2) is 25.4 Å². The fraction of sp³-hybridized carbons (Fsp3) is 0.500. The second-order valence-electron chi connectivity index (χ2n) is 7.74. The third-order valence-electron chi connectivity index (χ3n) is 3.68. The monoisotopic (exact) mass is 468 g/mol. The molecule has 9 nitrogen and oxygen atoms in total. The van der Waals surface area contributed by atoms with E-state index in [9.17, 15) is 14.4 Å². The van der Waals surface area contributed by atoms with E-state index in [-0.39, 0.29) is 12.5 Å². The number of hydrogen-bond donors (Lipinski definition) is 3. The average molecular weight is 469 g/mol. The van der Waals surface area contributed by atoms with E-state index in [2.05, 4.69) is 32.6 Å². The largest absolute Gasteiger partial charge is 0.448 e. The highest BCUT2D eigenvalue weighted by Gasteiger charge is 2.16. The number of nitrogens with one attached hydrogen (secondary N) is 3. The van der Waals surface area contributed by atoms with Crippen molar-refractivity contribution in [3.63, 3.8) is 0 Å². The fourth-order valence-corrected chi connectivity index (χ4v) is 4.17. The van der Waals surface area contributed by atoms with Crippen molar-refractivity contribution in [1.82, 2.24) is 15.8 Å². The first-order chi connectivity index (χ1) is 14.6. The van der Waals surface area contributed by atoms with Gasteiger partial charge in [0.25, 0.3) is 0 Å². The number of hydrazine groups is 1. The zero-order valence-electron chi connectivity index (χ0n) is 18.1. The minimum atomic E-state index is -0.751. The van der Waals surface area contributed by atoms with Gasteiger partial charge in [-0.15, -0.1) is 22.7 Å². The number of amides is 3. The highest BCUT2D eigenvalue weighted by Crippen LogP contribution is 2.21. The van der Waals surface area contributed by atoms with Crippen molar-refractivity contribution >= 4 is 45.9 Å². The van der Waals surface area contributed by atoms with Gasteiger partial charge < -0.3 is 14.8 Å². The van der Waals surface area contributed by atoms with Crippen LogP contribution >= 0.6 is 22.7 Å². The summed E-state index contributed by atoms with van der Waals surface area (Å²) >= 11 is 3.12. The molecule has 0 radical (unpaired) electrons. The van der Waals surface area contributed by atoms with Crippen LogP contribution in [0.1, 0.15) is 50.3 Å². The van der Waals surface area contributed by atoms with Gasteiger partial charge in [-0.2, -0.15) is 0 Å². The molecule has 2 heterocycles. The average Bonchev–Trinajstić information content (AvgIpc) is 3.29. The summed E-state index contributed by atoms with van der Waals surface area (Å²) in [4.78, 5) is 39.7. The molecule has 0 saturated heterocycles. The number of aromatic nitrogens is 1. The third-order valence-corrected chi connectivity index (χ3v) is 5.53. The lowest BCUT2D eigenvalue weighted by Gasteiger charge is -2.19. The lowest BCUT2D eigenvalue weighted by atomic mass is 10.1. The Kier molecular flexibility index (Phi) is 9.25. The number of nitrogens with zero attached hydrogens (tertiary/aromatic N) is 1. The Morgan fingerprint density at radius 3 is 2.48 bits per heavy atom. The van der Waals surface area contributed by atoms with Crippen LogP contribution in [-0.4, -0.2) is 35.3 Å². The van der Waals surface area contributed by atoms with Crippen LogP contribution in [0.15, 0.2) is 16.8 Å². The number of carbonyl (C=O) groups excluding carboxylic acids is 3. The van der Waals surface area contributed by atoms with Crippen molar-refractivity contribution in [3.8, 4) is 0 Å². The maximum absolute atomic E-state index is 11.6. The molecule has 11 heteroatoms. The molecule has 3 N–H and O–H groups in total. The van der Waals surface area contributed by atoms with Crippen LogP contribution in [0, 0.1) is 0 Å². The van der Waals surface area contributed by atoms with Crippen molar-refractivity contribution in [2.45, 2.75) is 59.0 Å². The molecule has 2 aromatic rings. The number of hydrogen-bond acceptors (Lipinski definition) is 8. The molecule has 0 aromatic carbocycles. The quantitative estimate of drug-likeness (QED) is 0.397. The lowest BCUT2D eigenvalue weighted by Crippen LogP contribution is -2.44. The molecule has 0 atom stereocenters. The standard InChI is InChI=1S/C20H28N4O5S2/c1-13(25)21-17-22-15(12-31-17)7-8-16-10-14(11-30-16)6-5-9-28-18(26)23-24-19(27)29-20(2,3)4/h10-12H,5-9H2,1-4H3,(H,23,26)(H,24,27)(H,21,22,25). The van der Waals surface area contributed by atoms with Crippen molar-refractivity contribution in [2.24, 2.45) is 0 Å². The van der Waals surface area contributed by atoms with E-state index in [0.717, 1.165) is 25.0 Å². The second-order valence-corrected chi connectivity index (χ2v) is 9.59. The highest BCUT2D eigenvalue weighted by molar-refractivity contribution is 7.14. The molecular weight excluding hydrogens is 440 g/mol. The van der Waals surface area contributed by atoms with Gasteiger partial charge in [0.1, 0.15) is 5.60 Å². The molecule has 0 aliphatic heterocycles. The summed E-state index contributed by atoms with van der Waals surface area (Å²) in [5.41, 5.74) is 5.77. The molecule has 0 unspecified atom stereocenters. The van der Waals surface area contributed by atoms with Crippen molar-refractivity contribution in [1.29, 1.82) is 0 Å². The predicted octanol–water partition coefficient (Wildman–Crippen LogP) is 4.05. The summed E-state index contributed by atoms with van der Waals surface area (Å²) < 4.78 is 10.0. The first-order valence-corrected chi connectivity index (χ1v) is 11.6. The molecule has 0 fully saturated rings. The van der Waals surface area contributed by atoms with Gasteiger partial charge in [0.2, 0.25) is 5.91 Å². The van der Waals surface area contributed by atoms with Gasteiger partial charge in [0.15, 0.2) is 5.13 Å². The van der Waals surface area contributed by atoms with Gasteiger partial charge in [-0.3, -0.25) is 4.79 Å². The Bertz CT molecular complexity index is 888. The van der Waals surface area contributed by atoms with Crippen LogP contribution in [0.2, 0.25) is 0 Å².